The fraction of sp³-hybridized carbons (Fsp3) is 0.679. The third kappa shape index (κ3) is 45.4. The summed E-state index contributed by atoms with van der Waals surface area (Å²) in [5.74, 6) is -0.211. The molecule has 0 aliphatic heterocycles. The number of allylic oxidation sites excluding steroid dienone is 15. The fourth-order valence-corrected chi connectivity index (χ4v) is 7.15. The van der Waals surface area contributed by atoms with Crippen LogP contribution in [-0.2, 0) is 18.4 Å². The summed E-state index contributed by atoms with van der Waals surface area (Å²) in [6.45, 7) is 4.39. The molecule has 0 radical (unpaired) electrons. The summed E-state index contributed by atoms with van der Waals surface area (Å²) in [5, 5.41) is 13.6. The molecule has 0 aromatic heterocycles. The van der Waals surface area contributed by atoms with Gasteiger partial charge in [-0.15, -0.1) is 0 Å². The second kappa shape index (κ2) is 43.7. The van der Waals surface area contributed by atoms with Crippen LogP contribution >= 0.6 is 7.82 Å². The Bertz CT molecular complexity index is 1330. The number of nitrogens with zero attached hydrogens (tertiary/aromatic N) is 1. The Morgan fingerprint density at radius 1 is 0.581 bits per heavy atom. The Labute approximate surface area is 381 Å². The first-order valence-electron chi connectivity index (χ1n) is 24.6. The van der Waals surface area contributed by atoms with E-state index >= 15 is 0 Å². The highest BCUT2D eigenvalue weighted by molar-refractivity contribution is 7.45. The third-order valence-electron chi connectivity index (χ3n) is 10.3. The Kier molecular flexibility index (Phi) is 41.8. The molecule has 0 fully saturated rings. The standard InChI is InChI=1S/C53H93N2O6P/c1-6-8-10-12-13-14-15-16-17-18-19-20-21-22-23-24-25-26-27-28-29-30-31-32-33-34-35-36-37-38-39-40-41-43-45-47-53(57)54-51(52(56)46-44-42-11-9-7-2)50-61-62(58,59)60-49-48-55(3,4)5/h8,10,13-14,16-17,19-20,22-23,25-26,28-29,44,46,51-52,56H,6-7,9,11-12,15,18,21,24,27,30-43,45,47-50H2,1-5H3,(H-,54,57,58,59)/b10-8-,14-13-,17-16-,20-19-,23-22-,26-25-,29-28-,46-44+. The van der Waals surface area contributed by atoms with E-state index in [4.69, 9.17) is 9.05 Å². The van der Waals surface area contributed by atoms with Gasteiger partial charge in [0.25, 0.3) is 7.82 Å². The van der Waals surface area contributed by atoms with E-state index in [1.165, 1.54) is 70.6 Å². The first-order valence-corrected chi connectivity index (χ1v) is 26.1. The van der Waals surface area contributed by atoms with Crippen LogP contribution in [0.1, 0.15) is 181 Å². The van der Waals surface area contributed by atoms with Crippen LogP contribution in [0.2, 0.25) is 0 Å². The minimum absolute atomic E-state index is 0.00597. The second-order valence-electron chi connectivity index (χ2n) is 17.4. The van der Waals surface area contributed by atoms with Crippen molar-refractivity contribution in [3.05, 3.63) is 97.2 Å². The number of phosphoric ester groups is 1. The van der Waals surface area contributed by atoms with Crippen LogP contribution in [0.15, 0.2) is 97.2 Å². The maximum Gasteiger partial charge on any atom is 0.268 e. The van der Waals surface area contributed by atoms with Crippen LogP contribution in [0.3, 0.4) is 0 Å². The fourth-order valence-electron chi connectivity index (χ4n) is 6.42. The summed E-state index contributed by atoms with van der Waals surface area (Å²) in [7, 11) is 1.24. The summed E-state index contributed by atoms with van der Waals surface area (Å²) < 4.78 is 23.0. The van der Waals surface area contributed by atoms with Crippen molar-refractivity contribution >= 4 is 13.7 Å². The van der Waals surface area contributed by atoms with E-state index in [1.807, 2.05) is 27.2 Å². The van der Waals surface area contributed by atoms with E-state index in [-0.39, 0.29) is 19.1 Å². The molecule has 0 aliphatic carbocycles. The van der Waals surface area contributed by atoms with Crippen molar-refractivity contribution < 1.29 is 32.9 Å². The highest BCUT2D eigenvalue weighted by Crippen LogP contribution is 2.38. The molecule has 62 heavy (non-hydrogen) atoms. The second-order valence-corrected chi connectivity index (χ2v) is 18.8. The number of carbonyl (C=O) groups is 1. The van der Waals surface area contributed by atoms with Gasteiger partial charge in [0.15, 0.2) is 0 Å². The number of quaternary nitrogens is 1. The molecule has 0 aromatic rings. The molecule has 8 nitrogen and oxygen atoms in total. The van der Waals surface area contributed by atoms with Crippen LogP contribution in [0.5, 0.6) is 0 Å². The number of hydrogen-bond donors (Lipinski definition) is 2. The van der Waals surface area contributed by atoms with E-state index < -0.39 is 20.0 Å². The molecule has 3 unspecified atom stereocenters. The highest BCUT2D eigenvalue weighted by atomic mass is 31.2. The van der Waals surface area contributed by atoms with Crippen LogP contribution < -0.4 is 10.2 Å². The third-order valence-corrected chi connectivity index (χ3v) is 11.3. The number of amides is 1. The number of phosphoric acid groups is 1. The predicted molar refractivity (Wildman–Crippen MR) is 265 cm³/mol. The first-order chi connectivity index (χ1) is 30.0. The topological polar surface area (TPSA) is 108 Å². The van der Waals surface area contributed by atoms with Gasteiger partial charge in [-0.25, -0.2) is 0 Å². The molecular formula is C53H93N2O6P. The molecule has 0 spiro atoms. The maximum absolute atomic E-state index is 12.8. The lowest BCUT2D eigenvalue weighted by Gasteiger charge is -2.29. The molecular weight excluding hydrogens is 792 g/mol. The lowest BCUT2D eigenvalue weighted by molar-refractivity contribution is -0.870. The van der Waals surface area contributed by atoms with Crippen molar-refractivity contribution in [2.45, 2.75) is 193 Å². The van der Waals surface area contributed by atoms with E-state index in [9.17, 15) is 19.4 Å². The average molecular weight is 885 g/mol. The maximum atomic E-state index is 12.8. The first kappa shape index (κ1) is 59.4. The smallest absolute Gasteiger partial charge is 0.268 e. The molecule has 0 aromatic carbocycles. The van der Waals surface area contributed by atoms with Crippen molar-refractivity contribution in [3.8, 4) is 0 Å². The Morgan fingerprint density at radius 3 is 1.44 bits per heavy atom. The zero-order valence-electron chi connectivity index (χ0n) is 40.3. The van der Waals surface area contributed by atoms with Crippen molar-refractivity contribution in [3.63, 3.8) is 0 Å². The van der Waals surface area contributed by atoms with Crippen molar-refractivity contribution in [2.75, 3.05) is 40.9 Å². The van der Waals surface area contributed by atoms with E-state index in [0.717, 1.165) is 89.9 Å². The molecule has 1 amide bonds. The van der Waals surface area contributed by atoms with Gasteiger partial charge in [-0.3, -0.25) is 9.36 Å². The summed E-state index contributed by atoms with van der Waals surface area (Å²) in [5.41, 5.74) is 0. The van der Waals surface area contributed by atoms with Gasteiger partial charge in [0.05, 0.1) is 39.9 Å². The largest absolute Gasteiger partial charge is 0.756 e. The van der Waals surface area contributed by atoms with Crippen LogP contribution in [-0.4, -0.2) is 68.5 Å². The van der Waals surface area contributed by atoms with Gasteiger partial charge < -0.3 is 28.8 Å². The molecule has 0 rings (SSSR count). The summed E-state index contributed by atoms with van der Waals surface area (Å²) >= 11 is 0. The van der Waals surface area contributed by atoms with Crippen molar-refractivity contribution in [1.82, 2.24) is 5.32 Å². The van der Waals surface area contributed by atoms with Crippen molar-refractivity contribution in [2.24, 2.45) is 0 Å². The number of hydrogen-bond acceptors (Lipinski definition) is 6. The number of aliphatic hydroxyl groups excluding tert-OH is 1. The zero-order valence-corrected chi connectivity index (χ0v) is 41.2. The molecule has 2 N–H and O–H groups in total. The quantitative estimate of drug-likeness (QED) is 0.0273. The van der Waals surface area contributed by atoms with E-state index in [2.05, 4.69) is 104 Å². The monoisotopic (exact) mass is 885 g/mol. The molecule has 0 bridgehead atoms. The highest BCUT2D eigenvalue weighted by Gasteiger charge is 2.23. The Hall–Kier alpha value is -2.58. The zero-order chi connectivity index (χ0) is 45.7. The molecule has 0 saturated carbocycles. The van der Waals surface area contributed by atoms with Crippen LogP contribution in [0.4, 0.5) is 0 Å². The Morgan fingerprint density at radius 2 is 0.984 bits per heavy atom. The SMILES string of the molecule is CC/C=C\C/C=C\C/C=C\C/C=C\C/C=C\C/C=C\C/C=C\CCCCCCCCCCCCCCCC(=O)NC(COP(=O)([O-])OCC[N+](C)(C)C)C(O)/C=C/CCCCC. The predicted octanol–water partition coefficient (Wildman–Crippen LogP) is 13.7. The number of nitrogens with one attached hydrogen (secondary N) is 1. The van der Waals surface area contributed by atoms with Gasteiger partial charge in [0.2, 0.25) is 5.91 Å². The molecule has 0 heterocycles. The van der Waals surface area contributed by atoms with E-state index in [0.29, 0.717) is 17.4 Å². The van der Waals surface area contributed by atoms with Gasteiger partial charge in [-0.05, 0) is 77.0 Å². The minimum atomic E-state index is -4.58. The molecule has 356 valence electrons. The molecule has 0 aliphatic rings. The normalized spacial score (nSPS) is 15.0. The number of carbonyl (C=O) groups excluding carboxylic acids is 1. The van der Waals surface area contributed by atoms with Crippen molar-refractivity contribution in [1.29, 1.82) is 0 Å². The summed E-state index contributed by atoms with van der Waals surface area (Å²) in [4.78, 5) is 25.1. The van der Waals surface area contributed by atoms with Crippen LogP contribution in [0.25, 0.3) is 0 Å². The number of aliphatic hydroxyl groups is 1. The molecule has 0 saturated heterocycles. The number of likely N-dealkylation sites (N-methyl/N-ethyl adjacent to an activating group) is 1. The lowest BCUT2D eigenvalue weighted by Crippen LogP contribution is -2.45. The molecule has 9 heteroatoms. The van der Waals surface area contributed by atoms with Gasteiger partial charge in [-0.2, -0.15) is 0 Å². The minimum Gasteiger partial charge on any atom is -0.756 e. The summed E-state index contributed by atoms with van der Waals surface area (Å²) in [6, 6.07) is -0.888. The lowest BCUT2D eigenvalue weighted by atomic mass is 10.0. The van der Waals surface area contributed by atoms with E-state index in [1.54, 1.807) is 6.08 Å². The number of rotatable bonds is 43. The van der Waals surface area contributed by atoms with Gasteiger partial charge in [0, 0.05) is 6.42 Å². The van der Waals surface area contributed by atoms with Gasteiger partial charge in [-0.1, -0.05) is 195 Å². The molecule has 3 atom stereocenters. The number of unbranched alkanes of at least 4 members (excludes halogenated alkanes) is 16. The summed E-state index contributed by atoms with van der Waals surface area (Å²) in [6.07, 6.45) is 62.4. The van der Waals surface area contributed by atoms with Gasteiger partial charge >= 0.3 is 0 Å². The van der Waals surface area contributed by atoms with Crippen LogP contribution in [0, 0.1) is 0 Å². The Balaban J connectivity index is 3.91. The van der Waals surface area contributed by atoms with Gasteiger partial charge in [0.1, 0.15) is 13.2 Å². The average Bonchev–Trinajstić information content (AvgIpc) is 3.23.